The molecule has 2 amide bonds. The Morgan fingerprint density at radius 2 is 1.73 bits per heavy atom. The van der Waals surface area contributed by atoms with Crippen LogP contribution in [-0.2, 0) is 11.3 Å². The highest BCUT2D eigenvalue weighted by Crippen LogP contribution is 2.39. The summed E-state index contributed by atoms with van der Waals surface area (Å²) in [5.74, 6) is 1.16. The van der Waals surface area contributed by atoms with Gasteiger partial charge >= 0.3 is 0 Å². The smallest absolute Gasteiger partial charge is 0.255 e. The van der Waals surface area contributed by atoms with Crippen molar-refractivity contribution in [3.05, 3.63) is 95.6 Å². The van der Waals surface area contributed by atoms with Gasteiger partial charge in [-0.15, -0.1) is 11.8 Å². The van der Waals surface area contributed by atoms with Crippen LogP contribution in [0.5, 0.6) is 5.75 Å². The normalized spacial score (nSPS) is 15.8. The molecule has 1 aliphatic rings. The maximum atomic E-state index is 12.5. The third-order valence-corrected chi connectivity index (χ3v) is 6.23. The number of hydrogen-bond acceptors (Lipinski definition) is 4. The van der Waals surface area contributed by atoms with Gasteiger partial charge in [0.1, 0.15) is 11.1 Å². The molecule has 1 atom stereocenters. The molecular formula is C24H22N2O3S. The first kappa shape index (κ1) is 20.0. The lowest BCUT2D eigenvalue weighted by Gasteiger charge is -2.24. The van der Waals surface area contributed by atoms with E-state index in [-0.39, 0.29) is 17.2 Å². The molecule has 0 radical (unpaired) electrons. The van der Waals surface area contributed by atoms with Crippen molar-refractivity contribution in [3.63, 3.8) is 0 Å². The summed E-state index contributed by atoms with van der Waals surface area (Å²) in [6.45, 7) is 0.580. The second kappa shape index (κ2) is 9.05. The fourth-order valence-corrected chi connectivity index (χ4v) is 4.55. The van der Waals surface area contributed by atoms with Gasteiger partial charge in [0.25, 0.3) is 5.91 Å². The SMILES string of the molecule is COc1ccc(NC(=O)c2ccc([C@@H]3SCC(=O)N3Cc3ccccc3)cc2)cc1. The number of ether oxygens (including phenoxy) is 1. The number of amides is 2. The molecule has 0 saturated carbocycles. The van der Waals surface area contributed by atoms with Crippen LogP contribution >= 0.6 is 11.8 Å². The molecule has 0 unspecified atom stereocenters. The van der Waals surface area contributed by atoms with E-state index in [1.165, 1.54) is 0 Å². The average molecular weight is 419 g/mol. The molecule has 1 N–H and O–H groups in total. The van der Waals surface area contributed by atoms with Crippen molar-refractivity contribution in [2.24, 2.45) is 0 Å². The lowest BCUT2D eigenvalue weighted by atomic mass is 10.1. The Bertz CT molecular complexity index is 1020. The summed E-state index contributed by atoms with van der Waals surface area (Å²) in [6, 6.07) is 24.6. The van der Waals surface area contributed by atoms with Crippen molar-refractivity contribution >= 4 is 29.3 Å². The standard InChI is InChI=1S/C24H22N2O3S/c1-29-21-13-11-20(12-14-21)25-23(28)18-7-9-19(10-8-18)24-26(22(27)16-30-24)15-17-5-3-2-4-6-17/h2-14,24H,15-16H2,1H3,(H,25,28)/t24-/m0/s1. The number of benzene rings is 3. The summed E-state index contributed by atoms with van der Waals surface area (Å²) in [5, 5.41) is 2.84. The Morgan fingerprint density at radius 1 is 1.03 bits per heavy atom. The highest BCUT2D eigenvalue weighted by Gasteiger charge is 2.32. The molecule has 1 heterocycles. The van der Waals surface area contributed by atoms with Crippen LogP contribution in [0.1, 0.15) is 26.9 Å². The quantitative estimate of drug-likeness (QED) is 0.629. The number of carbonyl (C=O) groups is 2. The molecule has 30 heavy (non-hydrogen) atoms. The van der Waals surface area contributed by atoms with E-state index < -0.39 is 0 Å². The van der Waals surface area contributed by atoms with Crippen LogP contribution in [-0.4, -0.2) is 29.6 Å². The van der Waals surface area contributed by atoms with Gasteiger partial charge in [-0.05, 0) is 47.5 Å². The van der Waals surface area contributed by atoms with Crippen LogP contribution in [0.3, 0.4) is 0 Å². The van der Waals surface area contributed by atoms with Crippen molar-refractivity contribution in [2.75, 3.05) is 18.2 Å². The lowest BCUT2D eigenvalue weighted by molar-refractivity contribution is -0.128. The molecule has 4 rings (SSSR count). The Kier molecular flexibility index (Phi) is 6.05. The zero-order valence-corrected chi connectivity index (χ0v) is 17.4. The number of anilines is 1. The molecule has 3 aromatic rings. The van der Waals surface area contributed by atoms with Gasteiger partial charge in [-0.3, -0.25) is 9.59 Å². The number of nitrogens with zero attached hydrogens (tertiary/aromatic N) is 1. The fraction of sp³-hybridized carbons (Fsp3) is 0.167. The molecule has 3 aromatic carbocycles. The lowest BCUT2D eigenvalue weighted by Crippen LogP contribution is -2.27. The first-order valence-electron chi connectivity index (χ1n) is 9.64. The van der Waals surface area contributed by atoms with E-state index in [4.69, 9.17) is 4.74 Å². The second-order valence-electron chi connectivity index (χ2n) is 6.98. The molecule has 1 aliphatic heterocycles. The van der Waals surface area contributed by atoms with Crippen LogP contribution in [0.25, 0.3) is 0 Å². The minimum atomic E-state index is -0.178. The van der Waals surface area contributed by atoms with Gasteiger partial charge in [0.15, 0.2) is 0 Å². The first-order chi connectivity index (χ1) is 14.6. The van der Waals surface area contributed by atoms with E-state index in [9.17, 15) is 9.59 Å². The van der Waals surface area contributed by atoms with E-state index in [2.05, 4.69) is 5.32 Å². The van der Waals surface area contributed by atoms with Crippen molar-refractivity contribution in [3.8, 4) is 5.75 Å². The van der Waals surface area contributed by atoms with Gasteiger partial charge in [-0.2, -0.15) is 0 Å². The van der Waals surface area contributed by atoms with Gasteiger partial charge in [-0.25, -0.2) is 0 Å². The number of thioether (sulfide) groups is 1. The molecule has 152 valence electrons. The van der Waals surface area contributed by atoms with Crippen LogP contribution in [0, 0.1) is 0 Å². The molecule has 0 bridgehead atoms. The van der Waals surface area contributed by atoms with Crippen LogP contribution in [0.15, 0.2) is 78.9 Å². The Labute approximate surface area is 180 Å². The summed E-state index contributed by atoms with van der Waals surface area (Å²) in [4.78, 5) is 26.9. The summed E-state index contributed by atoms with van der Waals surface area (Å²) in [7, 11) is 1.60. The van der Waals surface area contributed by atoms with Gasteiger partial charge in [0.05, 0.1) is 12.9 Å². The first-order valence-corrected chi connectivity index (χ1v) is 10.7. The molecule has 1 fully saturated rings. The minimum absolute atomic E-state index is 0.0450. The van der Waals surface area contributed by atoms with Crippen molar-refractivity contribution in [2.45, 2.75) is 11.9 Å². The van der Waals surface area contributed by atoms with E-state index >= 15 is 0 Å². The maximum absolute atomic E-state index is 12.5. The van der Waals surface area contributed by atoms with Crippen LogP contribution in [0.4, 0.5) is 5.69 Å². The molecule has 0 aromatic heterocycles. The van der Waals surface area contributed by atoms with Crippen molar-refractivity contribution in [1.29, 1.82) is 0 Å². The number of rotatable bonds is 6. The topological polar surface area (TPSA) is 58.6 Å². The minimum Gasteiger partial charge on any atom is -0.497 e. The molecule has 5 nitrogen and oxygen atoms in total. The number of nitrogens with one attached hydrogen (secondary N) is 1. The van der Waals surface area contributed by atoms with Gasteiger partial charge in [0, 0.05) is 17.8 Å². The Hall–Kier alpha value is -3.25. The van der Waals surface area contributed by atoms with E-state index in [0.29, 0.717) is 23.5 Å². The molecule has 0 aliphatic carbocycles. The van der Waals surface area contributed by atoms with Crippen LogP contribution in [0.2, 0.25) is 0 Å². The van der Waals surface area contributed by atoms with E-state index in [1.807, 2.05) is 47.4 Å². The molecule has 6 heteroatoms. The molecule has 1 saturated heterocycles. The maximum Gasteiger partial charge on any atom is 0.255 e. The fourth-order valence-electron chi connectivity index (χ4n) is 3.36. The number of hydrogen-bond donors (Lipinski definition) is 1. The predicted octanol–water partition coefficient (Wildman–Crippen LogP) is 4.72. The van der Waals surface area contributed by atoms with Crippen molar-refractivity contribution in [1.82, 2.24) is 4.90 Å². The summed E-state index contributed by atoms with van der Waals surface area (Å²) in [6.07, 6.45) is 0. The molecular weight excluding hydrogens is 396 g/mol. The zero-order chi connectivity index (χ0) is 20.9. The third kappa shape index (κ3) is 4.49. The Balaban J connectivity index is 1.45. The van der Waals surface area contributed by atoms with Crippen molar-refractivity contribution < 1.29 is 14.3 Å². The van der Waals surface area contributed by atoms with Crippen LogP contribution < -0.4 is 10.1 Å². The number of methoxy groups -OCH3 is 1. The van der Waals surface area contributed by atoms with Gasteiger partial charge in [0.2, 0.25) is 5.91 Å². The van der Waals surface area contributed by atoms with E-state index in [1.54, 1.807) is 55.3 Å². The predicted molar refractivity (Wildman–Crippen MR) is 120 cm³/mol. The summed E-state index contributed by atoms with van der Waals surface area (Å²) < 4.78 is 5.13. The zero-order valence-electron chi connectivity index (χ0n) is 16.6. The highest BCUT2D eigenvalue weighted by molar-refractivity contribution is 8.00. The highest BCUT2D eigenvalue weighted by atomic mass is 32.2. The summed E-state index contributed by atoms with van der Waals surface area (Å²) >= 11 is 1.62. The third-order valence-electron chi connectivity index (χ3n) is 4.97. The molecule has 0 spiro atoms. The largest absolute Gasteiger partial charge is 0.497 e. The Morgan fingerprint density at radius 3 is 2.40 bits per heavy atom. The van der Waals surface area contributed by atoms with Gasteiger partial charge in [-0.1, -0.05) is 42.5 Å². The monoisotopic (exact) mass is 418 g/mol. The number of carbonyl (C=O) groups excluding carboxylic acids is 2. The second-order valence-corrected chi connectivity index (χ2v) is 8.04. The summed E-state index contributed by atoms with van der Waals surface area (Å²) in [5.41, 5.74) is 3.39. The van der Waals surface area contributed by atoms with Gasteiger partial charge < -0.3 is 15.0 Å². The average Bonchev–Trinajstić information content (AvgIpc) is 3.15. The van der Waals surface area contributed by atoms with E-state index in [0.717, 1.165) is 16.9 Å².